The number of aromatic nitrogens is 1. The second-order valence-corrected chi connectivity index (χ2v) is 5.70. The predicted molar refractivity (Wildman–Crippen MR) is 81.5 cm³/mol. The fraction of sp³-hybridized carbons (Fsp3) is 0.533. The Bertz CT molecular complexity index is 537. The minimum atomic E-state index is -1.11. The van der Waals surface area contributed by atoms with Gasteiger partial charge in [-0.25, -0.2) is 14.6 Å². The van der Waals surface area contributed by atoms with Gasteiger partial charge in [0.2, 0.25) is 0 Å². The number of nitrogens with one attached hydrogen (secondary N) is 1. The highest BCUT2D eigenvalue weighted by molar-refractivity contribution is 5.90. The molecule has 0 spiro atoms. The number of unbranched alkanes of at least 4 members (excludes halogenated alkanes) is 1. The van der Waals surface area contributed by atoms with Crippen LogP contribution in [0, 0.1) is 0 Å². The SMILES string of the molecule is CCCCOc1cc(C(=O)O)cnc1NC(=O)OC(C)(C)C. The van der Waals surface area contributed by atoms with Crippen molar-refractivity contribution in [3.8, 4) is 5.75 Å². The molecule has 0 bridgehead atoms. The molecule has 1 amide bonds. The Morgan fingerprint density at radius 3 is 2.59 bits per heavy atom. The maximum Gasteiger partial charge on any atom is 0.413 e. The summed E-state index contributed by atoms with van der Waals surface area (Å²) in [5.41, 5.74) is -0.657. The minimum absolute atomic E-state index is 0.0127. The molecule has 0 aliphatic heterocycles. The molecule has 0 radical (unpaired) electrons. The number of carbonyl (C=O) groups excluding carboxylic acids is 1. The molecule has 2 N–H and O–H groups in total. The maximum absolute atomic E-state index is 11.8. The fourth-order valence-electron chi connectivity index (χ4n) is 1.49. The molecule has 1 aromatic rings. The Labute approximate surface area is 129 Å². The fourth-order valence-corrected chi connectivity index (χ4v) is 1.49. The molecule has 0 atom stereocenters. The van der Waals surface area contributed by atoms with Gasteiger partial charge in [-0.05, 0) is 27.2 Å². The third-order valence-electron chi connectivity index (χ3n) is 2.47. The van der Waals surface area contributed by atoms with E-state index >= 15 is 0 Å². The molecule has 0 saturated carbocycles. The summed E-state index contributed by atoms with van der Waals surface area (Å²) < 4.78 is 10.6. The molecule has 0 aliphatic rings. The van der Waals surface area contributed by atoms with Gasteiger partial charge < -0.3 is 14.6 Å². The number of nitrogens with zero attached hydrogens (tertiary/aromatic N) is 1. The van der Waals surface area contributed by atoms with Gasteiger partial charge in [-0.2, -0.15) is 0 Å². The van der Waals surface area contributed by atoms with Gasteiger partial charge in [0.25, 0.3) is 0 Å². The molecule has 0 fully saturated rings. The first-order valence-corrected chi connectivity index (χ1v) is 7.09. The number of aromatic carboxylic acids is 1. The first-order chi connectivity index (χ1) is 10.2. The number of ether oxygens (including phenoxy) is 2. The quantitative estimate of drug-likeness (QED) is 0.782. The van der Waals surface area contributed by atoms with Gasteiger partial charge in [0.05, 0.1) is 12.2 Å². The molecular formula is C15H22N2O5. The predicted octanol–water partition coefficient (Wildman–Crippen LogP) is 3.31. The lowest BCUT2D eigenvalue weighted by molar-refractivity contribution is 0.0633. The van der Waals surface area contributed by atoms with Gasteiger partial charge in [0.15, 0.2) is 11.6 Å². The van der Waals surface area contributed by atoms with Crippen LogP contribution in [0.1, 0.15) is 50.9 Å². The highest BCUT2D eigenvalue weighted by atomic mass is 16.6. The van der Waals surface area contributed by atoms with Crippen molar-refractivity contribution < 1.29 is 24.2 Å². The smallest absolute Gasteiger partial charge is 0.413 e. The van der Waals surface area contributed by atoms with Crippen LogP contribution in [0.15, 0.2) is 12.3 Å². The molecule has 122 valence electrons. The number of carboxylic acid groups (broad SMARTS) is 1. The summed E-state index contributed by atoms with van der Waals surface area (Å²) >= 11 is 0. The summed E-state index contributed by atoms with van der Waals surface area (Å²) in [6.07, 6.45) is 2.22. The molecule has 7 heteroatoms. The van der Waals surface area contributed by atoms with E-state index in [-0.39, 0.29) is 17.1 Å². The van der Waals surface area contributed by atoms with Gasteiger partial charge in [-0.1, -0.05) is 13.3 Å². The Morgan fingerprint density at radius 1 is 1.36 bits per heavy atom. The average molecular weight is 310 g/mol. The van der Waals surface area contributed by atoms with Crippen LogP contribution in [0.4, 0.5) is 10.6 Å². The summed E-state index contributed by atoms with van der Waals surface area (Å²) in [4.78, 5) is 26.7. The molecule has 1 rings (SSSR count). The van der Waals surface area contributed by atoms with Crippen LogP contribution in [0.2, 0.25) is 0 Å². The van der Waals surface area contributed by atoms with Crippen LogP contribution in [0.25, 0.3) is 0 Å². The number of hydrogen-bond acceptors (Lipinski definition) is 5. The number of amides is 1. The zero-order valence-electron chi connectivity index (χ0n) is 13.3. The molecule has 0 unspecified atom stereocenters. The number of anilines is 1. The number of carboxylic acids is 1. The van der Waals surface area contributed by atoms with Gasteiger partial charge in [-0.15, -0.1) is 0 Å². The first-order valence-electron chi connectivity index (χ1n) is 7.09. The summed E-state index contributed by atoms with van der Waals surface area (Å²) in [5.74, 6) is -0.772. The maximum atomic E-state index is 11.8. The Hall–Kier alpha value is -2.31. The zero-order valence-corrected chi connectivity index (χ0v) is 13.3. The number of rotatable bonds is 6. The van der Waals surface area contributed by atoms with Crippen molar-refractivity contribution in [2.45, 2.75) is 46.1 Å². The van der Waals surface area contributed by atoms with E-state index in [1.54, 1.807) is 20.8 Å². The van der Waals surface area contributed by atoms with Crippen LogP contribution in [-0.4, -0.2) is 34.4 Å². The molecule has 0 aliphatic carbocycles. The topological polar surface area (TPSA) is 97.8 Å². The number of hydrogen-bond donors (Lipinski definition) is 2. The molecule has 22 heavy (non-hydrogen) atoms. The van der Waals surface area contributed by atoms with Crippen LogP contribution >= 0.6 is 0 Å². The van der Waals surface area contributed by atoms with Crippen molar-refractivity contribution in [3.05, 3.63) is 17.8 Å². The van der Waals surface area contributed by atoms with Crippen molar-refractivity contribution in [2.24, 2.45) is 0 Å². The molecule has 1 aromatic heterocycles. The molecule has 0 saturated heterocycles. The van der Waals surface area contributed by atoms with Crippen molar-refractivity contribution in [2.75, 3.05) is 11.9 Å². The van der Waals surface area contributed by atoms with E-state index in [2.05, 4.69) is 10.3 Å². The second-order valence-electron chi connectivity index (χ2n) is 5.70. The van der Waals surface area contributed by atoms with E-state index in [4.69, 9.17) is 14.6 Å². The molecular weight excluding hydrogens is 288 g/mol. The van der Waals surface area contributed by atoms with Gasteiger partial charge >= 0.3 is 12.1 Å². The minimum Gasteiger partial charge on any atom is -0.490 e. The van der Waals surface area contributed by atoms with Gasteiger partial charge in [0, 0.05) is 12.3 Å². The van der Waals surface area contributed by atoms with Crippen molar-refractivity contribution in [1.29, 1.82) is 0 Å². The van der Waals surface area contributed by atoms with E-state index in [0.29, 0.717) is 6.61 Å². The van der Waals surface area contributed by atoms with E-state index in [0.717, 1.165) is 19.0 Å². The van der Waals surface area contributed by atoms with E-state index < -0.39 is 17.7 Å². The third-order valence-corrected chi connectivity index (χ3v) is 2.47. The normalized spacial score (nSPS) is 10.9. The highest BCUT2D eigenvalue weighted by Gasteiger charge is 2.19. The van der Waals surface area contributed by atoms with Gasteiger partial charge in [-0.3, -0.25) is 5.32 Å². The lowest BCUT2D eigenvalue weighted by Gasteiger charge is -2.20. The van der Waals surface area contributed by atoms with E-state index in [1.807, 2.05) is 6.92 Å². The van der Waals surface area contributed by atoms with Crippen molar-refractivity contribution >= 4 is 17.9 Å². The highest BCUT2D eigenvalue weighted by Crippen LogP contribution is 2.24. The molecule has 0 aromatic carbocycles. The Morgan fingerprint density at radius 2 is 2.05 bits per heavy atom. The van der Waals surface area contributed by atoms with Crippen molar-refractivity contribution in [1.82, 2.24) is 4.98 Å². The van der Waals surface area contributed by atoms with Crippen molar-refractivity contribution in [3.63, 3.8) is 0 Å². The number of pyridine rings is 1. The van der Waals surface area contributed by atoms with Crippen LogP contribution < -0.4 is 10.1 Å². The van der Waals surface area contributed by atoms with Crippen LogP contribution in [0.3, 0.4) is 0 Å². The Balaban J connectivity index is 2.91. The summed E-state index contributed by atoms with van der Waals surface area (Å²) in [5, 5.41) is 11.5. The largest absolute Gasteiger partial charge is 0.490 e. The monoisotopic (exact) mass is 310 g/mol. The second kappa shape index (κ2) is 7.63. The Kier molecular flexibility index (Phi) is 6.15. The van der Waals surface area contributed by atoms with E-state index in [9.17, 15) is 9.59 Å². The van der Waals surface area contributed by atoms with Crippen LogP contribution in [0.5, 0.6) is 5.75 Å². The average Bonchev–Trinajstić information content (AvgIpc) is 2.38. The zero-order chi connectivity index (χ0) is 16.8. The van der Waals surface area contributed by atoms with E-state index in [1.165, 1.54) is 6.07 Å². The lowest BCUT2D eigenvalue weighted by Crippen LogP contribution is -2.27. The molecule has 7 nitrogen and oxygen atoms in total. The summed E-state index contributed by atoms with van der Waals surface area (Å²) in [6.45, 7) is 7.64. The summed E-state index contributed by atoms with van der Waals surface area (Å²) in [7, 11) is 0. The third kappa shape index (κ3) is 5.99. The first kappa shape index (κ1) is 17.7. The standard InChI is InChI=1S/C15H22N2O5/c1-5-6-7-21-11-8-10(13(18)19)9-16-12(11)17-14(20)22-15(2,3)4/h8-9H,5-7H2,1-4H3,(H,18,19)(H,16,17,20). The lowest BCUT2D eigenvalue weighted by atomic mass is 10.2. The van der Waals surface area contributed by atoms with Crippen LogP contribution in [-0.2, 0) is 4.74 Å². The number of carbonyl (C=O) groups is 2. The van der Waals surface area contributed by atoms with Gasteiger partial charge in [0.1, 0.15) is 5.60 Å². The summed E-state index contributed by atoms with van der Waals surface area (Å²) in [6, 6.07) is 1.33. The molecule has 1 heterocycles.